The predicted molar refractivity (Wildman–Crippen MR) is 133 cm³/mol. The zero-order valence-electron chi connectivity index (χ0n) is 18.0. The van der Waals surface area contributed by atoms with Crippen molar-refractivity contribution in [2.75, 3.05) is 7.05 Å². The van der Waals surface area contributed by atoms with Crippen LogP contribution in [0.2, 0.25) is 0 Å². The Labute approximate surface area is 188 Å². The Balaban J connectivity index is 1.63. The van der Waals surface area contributed by atoms with Crippen LogP contribution in [0.5, 0.6) is 0 Å². The highest BCUT2D eigenvalue weighted by Crippen LogP contribution is 2.28. The average Bonchev–Trinajstić information content (AvgIpc) is 3.26. The van der Waals surface area contributed by atoms with E-state index in [4.69, 9.17) is 0 Å². The molecule has 158 valence electrons. The Morgan fingerprint density at radius 1 is 1.06 bits per heavy atom. The van der Waals surface area contributed by atoms with Gasteiger partial charge in [-0.15, -0.1) is 0 Å². The standard InChI is InChI=1S/C27H25N5/c1-4-5-11-26(28-3)30-19(2)27-24-16-22(12-13-25(24)31-32-27)23-15-21(17-29-18-23)14-20-9-7-6-8-10-20/h4-13,15-18H,1-2,14H2,3H3,(H,28,30)(H,31,32)/b11-5-. The highest BCUT2D eigenvalue weighted by molar-refractivity contribution is 6.01. The fourth-order valence-corrected chi connectivity index (χ4v) is 3.54. The number of fused-ring (bicyclic) bond motifs is 1. The monoisotopic (exact) mass is 419 g/mol. The van der Waals surface area contributed by atoms with Crippen LogP contribution in [-0.4, -0.2) is 28.1 Å². The lowest BCUT2D eigenvalue weighted by atomic mass is 10.0. The Morgan fingerprint density at radius 3 is 2.69 bits per heavy atom. The number of aliphatic imine (C=N–C) groups is 1. The third-order valence-electron chi connectivity index (χ3n) is 5.14. The van der Waals surface area contributed by atoms with E-state index in [0.29, 0.717) is 11.5 Å². The fraction of sp³-hybridized carbons (Fsp3) is 0.0741. The molecule has 0 radical (unpaired) electrons. The summed E-state index contributed by atoms with van der Waals surface area (Å²) in [4.78, 5) is 8.71. The van der Waals surface area contributed by atoms with E-state index >= 15 is 0 Å². The van der Waals surface area contributed by atoms with Gasteiger partial charge in [-0.05, 0) is 47.4 Å². The van der Waals surface area contributed by atoms with Crippen molar-refractivity contribution >= 4 is 22.4 Å². The van der Waals surface area contributed by atoms with E-state index in [9.17, 15) is 0 Å². The molecule has 0 bridgehead atoms. The summed E-state index contributed by atoms with van der Waals surface area (Å²) >= 11 is 0. The van der Waals surface area contributed by atoms with E-state index < -0.39 is 0 Å². The number of benzene rings is 2. The van der Waals surface area contributed by atoms with Gasteiger partial charge in [0.1, 0.15) is 11.5 Å². The summed E-state index contributed by atoms with van der Waals surface area (Å²) in [7, 11) is 1.72. The number of aromatic nitrogens is 3. The fourth-order valence-electron chi connectivity index (χ4n) is 3.54. The maximum absolute atomic E-state index is 4.48. The second kappa shape index (κ2) is 9.71. The van der Waals surface area contributed by atoms with E-state index in [-0.39, 0.29) is 0 Å². The molecule has 2 aromatic heterocycles. The number of nitrogens with zero attached hydrogens (tertiary/aromatic N) is 3. The molecular weight excluding hydrogens is 394 g/mol. The maximum atomic E-state index is 4.48. The minimum absolute atomic E-state index is 0.665. The lowest BCUT2D eigenvalue weighted by Crippen LogP contribution is -2.19. The minimum Gasteiger partial charge on any atom is -0.339 e. The minimum atomic E-state index is 0.665. The smallest absolute Gasteiger partial charge is 0.125 e. The van der Waals surface area contributed by atoms with Gasteiger partial charge >= 0.3 is 0 Å². The highest BCUT2D eigenvalue weighted by atomic mass is 15.1. The molecule has 0 amide bonds. The van der Waals surface area contributed by atoms with Crippen molar-refractivity contribution in [1.29, 1.82) is 0 Å². The first-order valence-corrected chi connectivity index (χ1v) is 10.4. The van der Waals surface area contributed by atoms with Gasteiger partial charge in [0.2, 0.25) is 0 Å². The topological polar surface area (TPSA) is 66.0 Å². The Hall–Kier alpha value is -4.25. The lowest BCUT2D eigenvalue weighted by Gasteiger charge is -2.08. The van der Waals surface area contributed by atoms with Crippen LogP contribution >= 0.6 is 0 Å². The molecule has 5 nitrogen and oxygen atoms in total. The van der Waals surface area contributed by atoms with Crippen LogP contribution in [0.1, 0.15) is 16.8 Å². The Bertz CT molecular complexity index is 1310. The van der Waals surface area contributed by atoms with Crippen molar-refractivity contribution in [3.05, 3.63) is 115 Å². The summed E-state index contributed by atoms with van der Waals surface area (Å²) < 4.78 is 0. The number of pyridine rings is 1. The third kappa shape index (κ3) is 4.73. The van der Waals surface area contributed by atoms with Gasteiger partial charge < -0.3 is 5.32 Å². The van der Waals surface area contributed by atoms with Crippen LogP contribution in [0.25, 0.3) is 27.7 Å². The molecule has 0 atom stereocenters. The Morgan fingerprint density at radius 2 is 1.91 bits per heavy atom. The average molecular weight is 420 g/mol. The van der Waals surface area contributed by atoms with Gasteiger partial charge in [0.15, 0.2) is 0 Å². The number of H-pyrrole nitrogens is 1. The van der Waals surface area contributed by atoms with Crippen molar-refractivity contribution in [2.24, 2.45) is 4.99 Å². The quantitative estimate of drug-likeness (QED) is 0.235. The van der Waals surface area contributed by atoms with Crippen LogP contribution in [0.15, 0.2) is 103 Å². The molecule has 0 spiro atoms. The van der Waals surface area contributed by atoms with Crippen LogP contribution < -0.4 is 5.32 Å². The van der Waals surface area contributed by atoms with Crippen molar-refractivity contribution < 1.29 is 0 Å². The van der Waals surface area contributed by atoms with Gasteiger partial charge in [-0.2, -0.15) is 5.10 Å². The molecule has 0 aliphatic carbocycles. The molecule has 5 heteroatoms. The molecule has 4 aromatic rings. The van der Waals surface area contributed by atoms with Crippen molar-refractivity contribution in [2.45, 2.75) is 6.42 Å². The molecule has 0 aliphatic heterocycles. The number of amidine groups is 1. The maximum Gasteiger partial charge on any atom is 0.125 e. The van der Waals surface area contributed by atoms with E-state index in [0.717, 1.165) is 34.1 Å². The molecule has 2 heterocycles. The molecule has 0 unspecified atom stereocenters. The van der Waals surface area contributed by atoms with Crippen molar-refractivity contribution in [1.82, 2.24) is 20.5 Å². The second-order valence-electron chi connectivity index (χ2n) is 7.38. The molecule has 32 heavy (non-hydrogen) atoms. The molecule has 2 N–H and O–H groups in total. The van der Waals surface area contributed by atoms with Gasteiger partial charge in [0, 0.05) is 30.4 Å². The number of hydrogen-bond donors (Lipinski definition) is 2. The Kier molecular flexibility index (Phi) is 6.37. The summed E-state index contributed by atoms with van der Waals surface area (Å²) in [5, 5.41) is 11.8. The van der Waals surface area contributed by atoms with Crippen LogP contribution in [0, 0.1) is 0 Å². The largest absolute Gasteiger partial charge is 0.339 e. The first kappa shape index (κ1) is 21.0. The summed E-state index contributed by atoms with van der Waals surface area (Å²) in [5.74, 6) is 0.681. The zero-order valence-corrected chi connectivity index (χ0v) is 18.0. The van der Waals surface area contributed by atoms with E-state index in [1.807, 2.05) is 36.7 Å². The number of aromatic amines is 1. The molecule has 4 rings (SSSR count). The van der Waals surface area contributed by atoms with E-state index in [2.05, 4.69) is 81.1 Å². The van der Waals surface area contributed by atoms with Gasteiger partial charge in [-0.25, -0.2) is 0 Å². The second-order valence-corrected chi connectivity index (χ2v) is 7.38. The van der Waals surface area contributed by atoms with Crippen molar-refractivity contribution in [3.8, 4) is 11.1 Å². The summed E-state index contributed by atoms with van der Waals surface area (Å²) in [6, 6.07) is 18.8. The van der Waals surface area contributed by atoms with Crippen LogP contribution in [-0.2, 0) is 6.42 Å². The summed E-state index contributed by atoms with van der Waals surface area (Å²) in [5.41, 5.74) is 6.94. The molecule has 0 saturated heterocycles. The molecular formula is C27H25N5. The first-order chi connectivity index (χ1) is 15.7. The SMILES string of the molecule is C=C/C=C\C(=NC)NC(=C)c1n[nH]c2ccc(-c3cncc(Cc4ccccc4)c3)cc12. The first-order valence-electron chi connectivity index (χ1n) is 10.4. The van der Waals surface area contributed by atoms with Gasteiger partial charge in [0.05, 0.1) is 11.2 Å². The number of nitrogens with one attached hydrogen (secondary N) is 2. The lowest BCUT2D eigenvalue weighted by molar-refractivity contribution is 1.08. The van der Waals surface area contributed by atoms with E-state index in [1.165, 1.54) is 11.1 Å². The van der Waals surface area contributed by atoms with Crippen LogP contribution in [0.4, 0.5) is 0 Å². The summed E-state index contributed by atoms with van der Waals surface area (Å²) in [6.07, 6.45) is 10.0. The molecule has 0 aliphatic rings. The van der Waals surface area contributed by atoms with Crippen LogP contribution in [0.3, 0.4) is 0 Å². The van der Waals surface area contributed by atoms with Gasteiger partial charge in [0.25, 0.3) is 0 Å². The number of allylic oxidation sites excluding steroid dienone is 2. The highest BCUT2D eigenvalue weighted by Gasteiger charge is 2.12. The molecule has 2 aromatic carbocycles. The predicted octanol–water partition coefficient (Wildman–Crippen LogP) is 5.55. The summed E-state index contributed by atoms with van der Waals surface area (Å²) in [6.45, 7) is 7.85. The zero-order chi connectivity index (χ0) is 22.3. The molecule has 0 saturated carbocycles. The third-order valence-corrected chi connectivity index (χ3v) is 5.14. The van der Waals surface area contributed by atoms with E-state index in [1.54, 1.807) is 13.1 Å². The molecule has 0 fully saturated rings. The number of hydrogen-bond acceptors (Lipinski definition) is 3. The number of rotatable bonds is 7. The normalized spacial score (nSPS) is 11.7. The van der Waals surface area contributed by atoms with Gasteiger partial charge in [-0.1, -0.05) is 61.7 Å². The van der Waals surface area contributed by atoms with Gasteiger partial charge in [-0.3, -0.25) is 15.1 Å². The van der Waals surface area contributed by atoms with Crippen molar-refractivity contribution in [3.63, 3.8) is 0 Å².